The van der Waals surface area contributed by atoms with Crippen LogP contribution in [0.15, 0.2) is 176 Å². The maximum atomic E-state index is 5.16. The van der Waals surface area contributed by atoms with Crippen LogP contribution in [0.2, 0.25) is 0 Å². The van der Waals surface area contributed by atoms with E-state index in [1.165, 1.54) is 60.7 Å². The summed E-state index contributed by atoms with van der Waals surface area (Å²) in [5.41, 5.74) is 12.8. The summed E-state index contributed by atoms with van der Waals surface area (Å²) >= 11 is 0. The second kappa shape index (κ2) is 10.6. The van der Waals surface area contributed by atoms with E-state index in [9.17, 15) is 0 Å². The summed E-state index contributed by atoms with van der Waals surface area (Å²) in [7, 11) is 0. The highest BCUT2D eigenvalue weighted by Gasteiger charge is 2.51. The normalized spacial score (nSPS) is 15.1. The summed E-state index contributed by atoms with van der Waals surface area (Å²) in [6, 6.07) is 63.3. The van der Waals surface area contributed by atoms with Gasteiger partial charge in [0.15, 0.2) is 17.5 Å². The average molecular weight is 648 g/mol. The van der Waals surface area contributed by atoms with E-state index in [4.69, 9.17) is 15.0 Å². The van der Waals surface area contributed by atoms with Gasteiger partial charge in [0.25, 0.3) is 0 Å². The number of hydrogen-bond acceptors (Lipinski definition) is 3. The van der Waals surface area contributed by atoms with Crippen LogP contribution in [0.4, 0.5) is 0 Å². The molecule has 0 N–H and O–H groups in total. The monoisotopic (exact) mass is 647 g/mol. The van der Waals surface area contributed by atoms with Gasteiger partial charge in [-0.15, -0.1) is 0 Å². The molecule has 0 bridgehead atoms. The largest absolute Gasteiger partial charge is 0.208 e. The summed E-state index contributed by atoms with van der Waals surface area (Å²) in [6.07, 6.45) is 0. The molecule has 8 aromatic carbocycles. The third-order valence-electron chi connectivity index (χ3n) is 10.9. The first-order chi connectivity index (χ1) is 25.3. The van der Waals surface area contributed by atoms with Crippen LogP contribution >= 0.6 is 0 Å². The highest BCUT2D eigenvalue weighted by Crippen LogP contribution is 2.63. The van der Waals surface area contributed by atoms with Crippen molar-refractivity contribution >= 4 is 21.5 Å². The third-order valence-corrected chi connectivity index (χ3v) is 10.9. The number of nitrogens with zero attached hydrogens (tertiary/aromatic N) is 3. The molecule has 0 amide bonds. The smallest absolute Gasteiger partial charge is 0.164 e. The quantitative estimate of drug-likeness (QED) is 0.192. The van der Waals surface area contributed by atoms with Gasteiger partial charge in [0.1, 0.15) is 0 Å². The lowest BCUT2D eigenvalue weighted by Gasteiger charge is -2.30. The molecule has 0 fully saturated rings. The summed E-state index contributed by atoms with van der Waals surface area (Å²) in [5.74, 6) is 1.98. The van der Waals surface area contributed by atoms with Crippen LogP contribution < -0.4 is 0 Å². The summed E-state index contributed by atoms with van der Waals surface area (Å²) in [4.78, 5) is 15.3. The summed E-state index contributed by atoms with van der Waals surface area (Å²) in [5, 5.41) is 4.86. The Hall–Kier alpha value is -6.71. The van der Waals surface area contributed by atoms with Crippen molar-refractivity contribution in [1.29, 1.82) is 0 Å². The Bertz CT molecular complexity index is 2870. The number of hydrogen-bond donors (Lipinski definition) is 0. The fourth-order valence-electron chi connectivity index (χ4n) is 8.65. The Morgan fingerprint density at radius 3 is 1.43 bits per heavy atom. The van der Waals surface area contributed by atoms with Crippen molar-refractivity contribution in [1.82, 2.24) is 15.0 Å². The van der Waals surface area contributed by atoms with E-state index in [0.29, 0.717) is 17.5 Å². The van der Waals surface area contributed by atoms with Gasteiger partial charge in [-0.2, -0.15) is 0 Å². The zero-order valence-electron chi connectivity index (χ0n) is 27.6. The van der Waals surface area contributed by atoms with Crippen molar-refractivity contribution in [3.63, 3.8) is 0 Å². The molecule has 1 heterocycles. The van der Waals surface area contributed by atoms with Crippen molar-refractivity contribution in [2.45, 2.75) is 5.41 Å². The molecule has 3 heteroatoms. The zero-order valence-corrected chi connectivity index (χ0v) is 27.6. The molecule has 0 radical (unpaired) electrons. The lowest BCUT2D eigenvalue weighted by Crippen LogP contribution is -2.25. The lowest BCUT2D eigenvalue weighted by molar-refractivity contribution is 0.795. The minimum Gasteiger partial charge on any atom is -0.208 e. The van der Waals surface area contributed by atoms with Crippen LogP contribution in [0.1, 0.15) is 22.3 Å². The van der Waals surface area contributed by atoms with Gasteiger partial charge in [0.05, 0.1) is 5.41 Å². The summed E-state index contributed by atoms with van der Waals surface area (Å²) < 4.78 is 0. The predicted octanol–water partition coefficient (Wildman–Crippen LogP) is 11.5. The Labute approximate surface area is 295 Å². The molecule has 1 spiro atoms. The van der Waals surface area contributed by atoms with Gasteiger partial charge in [0.2, 0.25) is 0 Å². The number of rotatable bonds is 3. The van der Waals surface area contributed by atoms with Gasteiger partial charge in [-0.05, 0) is 90.3 Å². The van der Waals surface area contributed by atoms with Crippen LogP contribution in [-0.2, 0) is 5.41 Å². The maximum Gasteiger partial charge on any atom is 0.164 e. The van der Waals surface area contributed by atoms with Crippen molar-refractivity contribution < 1.29 is 0 Å². The number of benzene rings is 8. The lowest BCUT2D eigenvalue weighted by atomic mass is 9.70. The Balaban J connectivity index is 1.15. The Morgan fingerprint density at radius 1 is 0.275 bits per heavy atom. The Morgan fingerprint density at radius 2 is 0.745 bits per heavy atom. The average Bonchev–Trinajstić information content (AvgIpc) is 3.66. The fraction of sp³-hybridized carbons (Fsp3) is 0.0208. The fourth-order valence-corrected chi connectivity index (χ4v) is 8.65. The first-order valence-electron chi connectivity index (χ1n) is 17.4. The second-order valence-corrected chi connectivity index (χ2v) is 13.6. The van der Waals surface area contributed by atoms with Crippen LogP contribution in [0.5, 0.6) is 0 Å². The van der Waals surface area contributed by atoms with Crippen molar-refractivity contribution in [2.75, 3.05) is 0 Å². The molecule has 0 saturated heterocycles. The summed E-state index contributed by atoms with van der Waals surface area (Å²) in [6.45, 7) is 0. The van der Waals surface area contributed by atoms with Crippen molar-refractivity contribution in [3.8, 4) is 56.4 Å². The standard InChI is InChI=1S/C48H29N3/c1-2-13-31(14-3-1)45-49-46(35-23-22-30-12-4-5-15-32(30)26-35)51-47(50-45)36-24-25-43-39(28-36)37-18-8-10-20-41(37)48(43)42-21-11-9-19-38(42)40-27-33-16-6-7-17-34(33)29-44(40)48/h1-29H. The molecule has 2 aliphatic carbocycles. The molecule has 11 rings (SSSR count). The van der Waals surface area contributed by atoms with Crippen molar-refractivity contribution in [2.24, 2.45) is 0 Å². The van der Waals surface area contributed by atoms with Gasteiger partial charge in [-0.3, -0.25) is 0 Å². The molecule has 1 atom stereocenters. The van der Waals surface area contributed by atoms with E-state index in [0.717, 1.165) is 22.1 Å². The molecule has 2 aliphatic rings. The van der Waals surface area contributed by atoms with E-state index in [-0.39, 0.29) is 0 Å². The van der Waals surface area contributed by atoms with Gasteiger partial charge < -0.3 is 0 Å². The minimum absolute atomic E-state index is 0.426. The zero-order chi connectivity index (χ0) is 33.5. The first kappa shape index (κ1) is 28.2. The predicted molar refractivity (Wildman–Crippen MR) is 207 cm³/mol. The molecule has 1 unspecified atom stereocenters. The molecule has 0 saturated carbocycles. The van der Waals surface area contributed by atoms with Gasteiger partial charge in [0, 0.05) is 16.7 Å². The van der Waals surface area contributed by atoms with Crippen LogP contribution in [0, 0.1) is 0 Å². The molecular weight excluding hydrogens is 619 g/mol. The maximum absolute atomic E-state index is 5.16. The second-order valence-electron chi connectivity index (χ2n) is 13.6. The molecule has 51 heavy (non-hydrogen) atoms. The molecule has 3 nitrogen and oxygen atoms in total. The molecule has 9 aromatic rings. The van der Waals surface area contributed by atoms with E-state index < -0.39 is 5.41 Å². The van der Waals surface area contributed by atoms with E-state index in [2.05, 4.69) is 158 Å². The van der Waals surface area contributed by atoms with Gasteiger partial charge in [-0.1, -0.05) is 152 Å². The highest BCUT2D eigenvalue weighted by atomic mass is 15.0. The minimum atomic E-state index is -0.426. The highest BCUT2D eigenvalue weighted by molar-refractivity contribution is 6.00. The first-order valence-corrected chi connectivity index (χ1v) is 17.4. The van der Waals surface area contributed by atoms with E-state index >= 15 is 0 Å². The molecular formula is C48H29N3. The van der Waals surface area contributed by atoms with Crippen LogP contribution in [0.3, 0.4) is 0 Å². The molecule has 236 valence electrons. The van der Waals surface area contributed by atoms with Gasteiger partial charge in [-0.25, -0.2) is 15.0 Å². The Kier molecular flexibility index (Phi) is 5.88. The van der Waals surface area contributed by atoms with Gasteiger partial charge >= 0.3 is 0 Å². The molecule has 1 aromatic heterocycles. The van der Waals surface area contributed by atoms with Crippen LogP contribution in [-0.4, -0.2) is 15.0 Å². The molecule has 0 aliphatic heterocycles. The number of fused-ring (bicyclic) bond motifs is 12. The van der Waals surface area contributed by atoms with Crippen molar-refractivity contribution in [3.05, 3.63) is 198 Å². The third kappa shape index (κ3) is 4.03. The number of aromatic nitrogens is 3. The van der Waals surface area contributed by atoms with Crippen LogP contribution in [0.25, 0.3) is 78.0 Å². The van der Waals surface area contributed by atoms with E-state index in [1.807, 2.05) is 18.2 Å². The SMILES string of the molecule is c1ccc(-c2nc(-c3ccc4c(c3)-c3ccccc3C43c4ccccc4-c4cc5ccccc5cc43)nc(-c3ccc4ccccc4c3)n2)cc1. The topological polar surface area (TPSA) is 38.7 Å². The van der Waals surface area contributed by atoms with E-state index in [1.54, 1.807) is 0 Å².